The average Bonchev–Trinajstić information content (AvgIpc) is 3.02. The lowest BCUT2D eigenvalue weighted by molar-refractivity contribution is 0.0911. The van der Waals surface area contributed by atoms with Gasteiger partial charge in [0.1, 0.15) is 12.7 Å². The van der Waals surface area contributed by atoms with E-state index < -0.39 is 6.09 Å². The molecule has 120 valence electrons. The quantitative estimate of drug-likeness (QED) is 0.885. The molecular formula is C17H17BrN2O3. The number of benzene rings is 1. The Balaban J connectivity index is 1.57. The standard InChI is InChI=1S/C17H17BrN2O3/c18-14-8-13(9-19-10-14)16-15(6-7-22-16)20-17(21)23-11-12-4-2-1-3-5-12/h1-5,8-10,15-16H,6-7,11H2,(H,20,21)/t15-,16+/m1/s1. The van der Waals surface area contributed by atoms with E-state index in [-0.39, 0.29) is 18.8 Å². The van der Waals surface area contributed by atoms with Crippen LogP contribution in [0.25, 0.3) is 0 Å². The predicted octanol–water partition coefficient (Wildman–Crippen LogP) is 3.60. The maximum absolute atomic E-state index is 12.0. The molecule has 1 aromatic heterocycles. The number of carbonyl (C=O) groups excluding carboxylic acids is 1. The third-order valence-corrected chi connectivity index (χ3v) is 4.10. The zero-order valence-electron chi connectivity index (χ0n) is 12.4. The molecular weight excluding hydrogens is 360 g/mol. The van der Waals surface area contributed by atoms with Crippen LogP contribution in [-0.4, -0.2) is 23.7 Å². The highest BCUT2D eigenvalue weighted by molar-refractivity contribution is 9.10. The number of ether oxygens (including phenoxy) is 2. The Labute approximate surface area is 143 Å². The second kappa shape index (κ2) is 7.57. The van der Waals surface area contributed by atoms with Gasteiger partial charge in [0, 0.05) is 29.0 Å². The molecule has 1 fully saturated rings. The number of amides is 1. The minimum atomic E-state index is -0.433. The lowest BCUT2D eigenvalue weighted by atomic mass is 10.0. The summed E-state index contributed by atoms with van der Waals surface area (Å²) >= 11 is 3.40. The van der Waals surface area contributed by atoms with Crippen molar-refractivity contribution in [3.05, 3.63) is 64.4 Å². The Hall–Kier alpha value is -1.92. The molecule has 1 N–H and O–H groups in total. The lowest BCUT2D eigenvalue weighted by Crippen LogP contribution is -2.37. The monoisotopic (exact) mass is 376 g/mol. The summed E-state index contributed by atoms with van der Waals surface area (Å²) in [6.45, 7) is 0.851. The number of hydrogen-bond acceptors (Lipinski definition) is 4. The summed E-state index contributed by atoms with van der Waals surface area (Å²) in [5.74, 6) is 0. The first-order valence-electron chi connectivity index (χ1n) is 7.41. The van der Waals surface area contributed by atoms with Crippen LogP contribution in [0.5, 0.6) is 0 Å². The zero-order chi connectivity index (χ0) is 16.1. The number of nitrogens with one attached hydrogen (secondary N) is 1. The molecule has 1 aromatic carbocycles. The van der Waals surface area contributed by atoms with Gasteiger partial charge >= 0.3 is 6.09 Å². The summed E-state index contributed by atoms with van der Waals surface area (Å²) in [5, 5.41) is 2.89. The molecule has 0 aliphatic carbocycles. The van der Waals surface area contributed by atoms with E-state index in [1.807, 2.05) is 36.4 Å². The van der Waals surface area contributed by atoms with Gasteiger partial charge in [-0.2, -0.15) is 0 Å². The van der Waals surface area contributed by atoms with Crippen molar-refractivity contribution >= 4 is 22.0 Å². The molecule has 5 nitrogen and oxygen atoms in total. The van der Waals surface area contributed by atoms with Crippen LogP contribution in [0.2, 0.25) is 0 Å². The number of halogens is 1. The van der Waals surface area contributed by atoms with E-state index in [2.05, 4.69) is 26.2 Å². The molecule has 2 atom stereocenters. The first-order valence-corrected chi connectivity index (χ1v) is 8.21. The molecule has 0 saturated carbocycles. The van der Waals surface area contributed by atoms with E-state index in [4.69, 9.17) is 9.47 Å². The van der Waals surface area contributed by atoms with E-state index in [0.717, 1.165) is 22.0 Å². The summed E-state index contributed by atoms with van der Waals surface area (Å²) in [6, 6.07) is 11.4. The molecule has 1 aliphatic rings. The van der Waals surface area contributed by atoms with Crippen molar-refractivity contribution in [1.82, 2.24) is 10.3 Å². The summed E-state index contributed by atoms with van der Waals surface area (Å²) in [4.78, 5) is 16.1. The normalized spacial score (nSPS) is 20.2. The van der Waals surface area contributed by atoms with Crippen molar-refractivity contribution in [2.75, 3.05) is 6.61 Å². The second-order valence-corrected chi connectivity index (χ2v) is 6.24. The van der Waals surface area contributed by atoms with Crippen LogP contribution in [0.3, 0.4) is 0 Å². The second-order valence-electron chi connectivity index (χ2n) is 5.33. The molecule has 3 rings (SSSR count). The van der Waals surface area contributed by atoms with Gasteiger partial charge in [0.2, 0.25) is 0 Å². The fraction of sp³-hybridized carbons (Fsp3) is 0.294. The zero-order valence-corrected chi connectivity index (χ0v) is 14.0. The van der Waals surface area contributed by atoms with Crippen LogP contribution < -0.4 is 5.32 Å². The van der Waals surface area contributed by atoms with E-state index in [9.17, 15) is 4.79 Å². The van der Waals surface area contributed by atoms with E-state index in [0.29, 0.717) is 6.61 Å². The summed E-state index contributed by atoms with van der Waals surface area (Å²) in [5.41, 5.74) is 1.89. The van der Waals surface area contributed by atoms with Gasteiger partial charge in [-0.3, -0.25) is 4.98 Å². The topological polar surface area (TPSA) is 60.5 Å². The van der Waals surface area contributed by atoms with Crippen molar-refractivity contribution < 1.29 is 14.3 Å². The van der Waals surface area contributed by atoms with Crippen LogP contribution >= 0.6 is 15.9 Å². The molecule has 1 amide bonds. The highest BCUT2D eigenvalue weighted by Crippen LogP contribution is 2.30. The Morgan fingerprint density at radius 2 is 2.17 bits per heavy atom. The lowest BCUT2D eigenvalue weighted by Gasteiger charge is -2.20. The Bertz CT molecular complexity index is 666. The predicted molar refractivity (Wildman–Crippen MR) is 88.8 cm³/mol. The largest absolute Gasteiger partial charge is 0.445 e. The van der Waals surface area contributed by atoms with E-state index in [1.165, 1.54) is 0 Å². The van der Waals surface area contributed by atoms with Gasteiger partial charge in [-0.1, -0.05) is 30.3 Å². The van der Waals surface area contributed by atoms with Crippen molar-refractivity contribution in [1.29, 1.82) is 0 Å². The molecule has 0 bridgehead atoms. The van der Waals surface area contributed by atoms with E-state index >= 15 is 0 Å². The van der Waals surface area contributed by atoms with Gasteiger partial charge in [-0.05, 0) is 34.0 Å². The first-order chi connectivity index (χ1) is 11.2. The summed E-state index contributed by atoms with van der Waals surface area (Å²) in [7, 11) is 0. The smallest absolute Gasteiger partial charge is 0.407 e. The minimum absolute atomic E-state index is 0.116. The molecule has 2 aromatic rings. The average molecular weight is 377 g/mol. The van der Waals surface area contributed by atoms with Gasteiger partial charge in [-0.25, -0.2) is 4.79 Å². The molecule has 6 heteroatoms. The first kappa shape index (κ1) is 16.0. The minimum Gasteiger partial charge on any atom is -0.445 e. The maximum Gasteiger partial charge on any atom is 0.407 e. The maximum atomic E-state index is 12.0. The molecule has 1 aliphatic heterocycles. The highest BCUT2D eigenvalue weighted by atomic mass is 79.9. The Kier molecular flexibility index (Phi) is 5.25. The van der Waals surface area contributed by atoms with Crippen molar-refractivity contribution in [3.63, 3.8) is 0 Å². The van der Waals surface area contributed by atoms with Crippen LogP contribution in [0, 0.1) is 0 Å². The Morgan fingerprint density at radius 3 is 2.96 bits per heavy atom. The molecule has 0 spiro atoms. The SMILES string of the molecule is O=C(N[C@@H]1CCO[C@H]1c1cncc(Br)c1)OCc1ccccc1. The number of aromatic nitrogens is 1. The number of rotatable bonds is 4. The Morgan fingerprint density at radius 1 is 1.35 bits per heavy atom. The van der Waals surface area contributed by atoms with Gasteiger partial charge in [0.15, 0.2) is 0 Å². The van der Waals surface area contributed by atoms with Gasteiger partial charge in [0.05, 0.1) is 6.04 Å². The summed E-state index contributed by atoms with van der Waals surface area (Å²) in [6.07, 6.45) is 3.58. The number of pyridine rings is 1. The number of nitrogens with zero attached hydrogens (tertiary/aromatic N) is 1. The van der Waals surface area contributed by atoms with Gasteiger partial charge in [0.25, 0.3) is 0 Å². The fourth-order valence-corrected chi connectivity index (χ4v) is 2.95. The molecule has 2 heterocycles. The molecule has 1 saturated heterocycles. The number of alkyl carbamates (subject to hydrolysis) is 1. The van der Waals surface area contributed by atoms with E-state index in [1.54, 1.807) is 12.4 Å². The third-order valence-electron chi connectivity index (χ3n) is 3.66. The van der Waals surface area contributed by atoms with Crippen molar-refractivity contribution in [2.45, 2.75) is 25.2 Å². The van der Waals surface area contributed by atoms with Crippen LogP contribution in [0.4, 0.5) is 4.79 Å². The summed E-state index contributed by atoms with van der Waals surface area (Å²) < 4.78 is 11.9. The van der Waals surface area contributed by atoms with Gasteiger partial charge < -0.3 is 14.8 Å². The molecule has 0 unspecified atom stereocenters. The van der Waals surface area contributed by atoms with Crippen LogP contribution in [-0.2, 0) is 16.1 Å². The number of hydrogen-bond donors (Lipinski definition) is 1. The number of carbonyl (C=O) groups is 1. The van der Waals surface area contributed by atoms with Crippen LogP contribution in [0.1, 0.15) is 23.7 Å². The van der Waals surface area contributed by atoms with Crippen molar-refractivity contribution in [3.8, 4) is 0 Å². The molecule has 23 heavy (non-hydrogen) atoms. The van der Waals surface area contributed by atoms with Crippen LogP contribution in [0.15, 0.2) is 53.3 Å². The molecule has 0 radical (unpaired) electrons. The fourth-order valence-electron chi connectivity index (χ4n) is 2.57. The highest BCUT2D eigenvalue weighted by Gasteiger charge is 2.31. The third kappa shape index (κ3) is 4.30. The van der Waals surface area contributed by atoms with Crippen molar-refractivity contribution in [2.24, 2.45) is 0 Å². The van der Waals surface area contributed by atoms with Gasteiger partial charge in [-0.15, -0.1) is 0 Å².